The van der Waals surface area contributed by atoms with Crippen molar-refractivity contribution in [3.8, 4) is 0 Å². The van der Waals surface area contributed by atoms with E-state index in [9.17, 15) is 9.59 Å². The summed E-state index contributed by atoms with van der Waals surface area (Å²) in [4.78, 5) is 25.3. The second-order valence-corrected chi connectivity index (χ2v) is 5.71. The molecule has 1 aliphatic carbocycles. The Labute approximate surface area is 109 Å². The maximum Gasteiger partial charge on any atom is 0.240 e. The third-order valence-corrected chi connectivity index (χ3v) is 4.08. The average Bonchev–Trinajstić information content (AvgIpc) is 2.80. The summed E-state index contributed by atoms with van der Waals surface area (Å²) < 4.78 is 0. The van der Waals surface area contributed by atoms with Crippen molar-refractivity contribution in [3.05, 3.63) is 0 Å². The SMILES string of the molecule is C[C@H](NC(=O)C(C)(C)N(C)C1CCCC1)C(N)=O. The van der Waals surface area contributed by atoms with Crippen LogP contribution in [-0.4, -0.2) is 41.4 Å². The smallest absolute Gasteiger partial charge is 0.240 e. The summed E-state index contributed by atoms with van der Waals surface area (Å²) in [5.41, 5.74) is 4.53. The molecule has 1 atom stereocenters. The first kappa shape index (κ1) is 15.0. The van der Waals surface area contributed by atoms with Gasteiger partial charge in [0.1, 0.15) is 6.04 Å². The van der Waals surface area contributed by atoms with Crippen LogP contribution in [0.2, 0.25) is 0 Å². The minimum Gasteiger partial charge on any atom is -0.368 e. The van der Waals surface area contributed by atoms with Gasteiger partial charge in [0, 0.05) is 6.04 Å². The van der Waals surface area contributed by atoms with Crippen LogP contribution in [0.25, 0.3) is 0 Å². The number of hydrogen-bond acceptors (Lipinski definition) is 3. The second kappa shape index (κ2) is 5.69. The van der Waals surface area contributed by atoms with Gasteiger partial charge in [0.25, 0.3) is 0 Å². The Kier molecular flexibility index (Phi) is 4.73. The van der Waals surface area contributed by atoms with E-state index in [1.165, 1.54) is 12.8 Å². The molecule has 0 spiro atoms. The molecule has 5 heteroatoms. The van der Waals surface area contributed by atoms with Crippen LogP contribution in [0.1, 0.15) is 46.5 Å². The van der Waals surface area contributed by atoms with Gasteiger partial charge in [0.15, 0.2) is 0 Å². The molecule has 0 aromatic carbocycles. The van der Waals surface area contributed by atoms with E-state index >= 15 is 0 Å². The van der Waals surface area contributed by atoms with Gasteiger partial charge in [-0.25, -0.2) is 0 Å². The lowest BCUT2D eigenvalue weighted by atomic mass is 9.98. The summed E-state index contributed by atoms with van der Waals surface area (Å²) in [6.07, 6.45) is 4.73. The Balaban J connectivity index is 2.65. The van der Waals surface area contributed by atoms with Gasteiger partial charge in [0.2, 0.25) is 11.8 Å². The van der Waals surface area contributed by atoms with Crippen molar-refractivity contribution in [2.75, 3.05) is 7.05 Å². The lowest BCUT2D eigenvalue weighted by Crippen LogP contribution is -2.59. The Bertz CT molecular complexity index is 322. The number of carbonyl (C=O) groups is 2. The number of amides is 2. The number of primary amides is 1. The predicted molar refractivity (Wildman–Crippen MR) is 70.9 cm³/mol. The largest absolute Gasteiger partial charge is 0.368 e. The van der Waals surface area contributed by atoms with E-state index < -0.39 is 17.5 Å². The molecule has 1 fully saturated rings. The minimum absolute atomic E-state index is 0.150. The number of nitrogens with zero attached hydrogens (tertiary/aromatic N) is 1. The number of rotatable bonds is 5. The summed E-state index contributed by atoms with van der Waals surface area (Å²) in [6.45, 7) is 5.37. The predicted octanol–water partition coefficient (Wildman–Crippen LogP) is 0.629. The third kappa shape index (κ3) is 3.22. The monoisotopic (exact) mass is 255 g/mol. The molecule has 0 aromatic heterocycles. The van der Waals surface area contributed by atoms with Gasteiger partial charge in [-0.3, -0.25) is 14.5 Å². The lowest BCUT2D eigenvalue weighted by Gasteiger charge is -2.38. The topological polar surface area (TPSA) is 75.4 Å². The summed E-state index contributed by atoms with van der Waals surface area (Å²) in [5.74, 6) is -0.661. The van der Waals surface area contributed by atoms with Crippen LogP contribution >= 0.6 is 0 Å². The molecule has 0 aliphatic heterocycles. The van der Waals surface area contributed by atoms with Crippen molar-refractivity contribution >= 4 is 11.8 Å². The molecule has 0 radical (unpaired) electrons. The lowest BCUT2D eigenvalue weighted by molar-refractivity contribution is -0.135. The van der Waals surface area contributed by atoms with Crippen LogP contribution in [0.15, 0.2) is 0 Å². The van der Waals surface area contributed by atoms with Crippen LogP contribution in [0.3, 0.4) is 0 Å². The Morgan fingerprint density at radius 1 is 1.33 bits per heavy atom. The number of nitrogens with two attached hydrogens (primary N) is 1. The van der Waals surface area contributed by atoms with Gasteiger partial charge in [-0.15, -0.1) is 0 Å². The van der Waals surface area contributed by atoms with E-state index in [-0.39, 0.29) is 5.91 Å². The number of nitrogens with one attached hydrogen (secondary N) is 1. The van der Waals surface area contributed by atoms with Crippen molar-refractivity contribution in [2.45, 2.75) is 64.1 Å². The maximum absolute atomic E-state index is 12.2. The maximum atomic E-state index is 12.2. The van der Waals surface area contributed by atoms with Gasteiger partial charge in [-0.1, -0.05) is 12.8 Å². The zero-order chi connectivity index (χ0) is 13.9. The molecule has 3 N–H and O–H groups in total. The number of likely N-dealkylation sites (N-methyl/N-ethyl adjacent to an activating group) is 1. The summed E-state index contributed by atoms with van der Waals surface area (Å²) in [5, 5.41) is 2.67. The van der Waals surface area contributed by atoms with E-state index in [1.807, 2.05) is 20.9 Å². The molecule has 18 heavy (non-hydrogen) atoms. The van der Waals surface area contributed by atoms with Crippen molar-refractivity contribution in [1.29, 1.82) is 0 Å². The van der Waals surface area contributed by atoms with Crippen LogP contribution < -0.4 is 11.1 Å². The fourth-order valence-electron chi connectivity index (χ4n) is 2.35. The van der Waals surface area contributed by atoms with Gasteiger partial charge in [-0.2, -0.15) is 0 Å². The molecule has 5 nitrogen and oxygen atoms in total. The number of carbonyl (C=O) groups excluding carboxylic acids is 2. The first-order valence-corrected chi connectivity index (χ1v) is 6.60. The molecular weight excluding hydrogens is 230 g/mol. The highest BCUT2D eigenvalue weighted by molar-refractivity contribution is 5.90. The van der Waals surface area contributed by atoms with Crippen molar-refractivity contribution < 1.29 is 9.59 Å². The molecule has 0 heterocycles. The summed E-state index contributed by atoms with van der Waals surface area (Å²) >= 11 is 0. The highest BCUT2D eigenvalue weighted by Gasteiger charge is 2.37. The van der Waals surface area contributed by atoms with Crippen molar-refractivity contribution in [3.63, 3.8) is 0 Å². The zero-order valence-electron chi connectivity index (χ0n) is 11.8. The normalized spacial score (nSPS) is 18.9. The van der Waals surface area contributed by atoms with E-state index in [0.29, 0.717) is 6.04 Å². The number of hydrogen-bond donors (Lipinski definition) is 2. The Morgan fingerprint density at radius 2 is 1.83 bits per heavy atom. The molecule has 2 amide bonds. The molecule has 0 unspecified atom stereocenters. The third-order valence-electron chi connectivity index (χ3n) is 4.08. The van der Waals surface area contributed by atoms with Crippen LogP contribution in [0.4, 0.5) is 0 Å². The standard InChI is InChI=1S/C13H25N3O2/c1-9(11(14)17)15-12(18)13(2,3)16(4)10-7-5-6-8-10/h9-10H,5-8H2,1-4H3,(H2,14,17)(H,15,18)/t9-/m0/s1. The summed E-state index contributed by atoms with van der Waals surface area (Å²) in [7, 11) is 1.98. The first-order chi connectivity index (χ1) is 8.26. The molecular formula is C13H25N3O2. The van der Waals surface area contributed by atoms with Crippen molar-refractivity contribution in [2.24, 2.45) is 5.73 Å². The fourth-order valence-corrected chi connectivity index (χ4v) is 2.35. The molecule has 1 rings (SSSR count). The summed E-state index contributed by atoms with van der Waals surface area (Å²) in [6, 6.07) is -0.177. The van der Waals surface area contributed by atoms with Crippen molar-refractivity contribution in [1.82, 2.24) is 10.2 Å². The zero-order valence-corrected chi connectivity index (χ0v) is 11.8. The van der Waals surface area contributed by atoms with E-state index in [4.69, 9.17) is 5.73 Å². The Hall–Kier alpha value is -1.10. The minimum atomic E-state index is -0.631. The van der Waals surface area contributed by atoms with Gasteiger partial charge in [0.05, 0.1) is 5.54 Å². The van der Waals surface area contributed by atoms with Gasteiger partial charge >= 0.3 is 0 Å². The molecule has 0 bridgehead atoms. The molecule has 1 aliphatic rings. The van der Waals surface area contributed by atoms with Gasteiger partial charge in [-0.05, 0) is 40.7 Å². The van der Waals surface area contributed by atoms with Crippen LogP contribution in [0, 0.1) is 0 Å². The van der Waals surface area contributed by atoms with E-state index in [0.717, 1.165) is 12.8 Å². The molecule has 0 saturated heterocycles. The fraction of sp³-hybridized carbons (Fsp3) is 0.846. The molecule has 104 valence electrons. The quantitative estimate of drug-likeness (QED) is 0.756. The second-order valence-electron chi connectivity index (χ2n) is 5.71. The first-order valence-electron chi connectivity index (χ1n) is 6.60. The van der Waals surface area contributed by atoms with Crippen LogP contribution in [-0.2, 0) is 9.59 Å². The highest BCUT2D eigenvalue weighted by atomic mass is 16.2. The van der Waals surface area contributed by atoms with Crippen LogP contribution in [0.5, 0.6) is 0 Å². The molecule has 0 aromatic rings. The molecule has 1 saturated carbocycles. The average molecular weight is 255 g/mol. The van der Waals surface area contributed by atoms with E-state index in [2.05, 4.69) is 10.2 Å². The highest BCUT2D eigenvalue weighted by Crippen LogP contribution is 2.27. The van der Waals surface area contributed by atoms with E-state index in [1.54, 1.807) is 6.92 Å². The Morgan fingerprint density at radius 3 is 2.28 bits per heavy atom. The van der Waals surface area contributed by atoms with Gasteiger partial charge < -0.3 is 11.1 Å².